The lowest BCUT2D eigenvalue weighted by molar-refractivity contribution is 0.0480. The van der Waals surface area contributed by atoms with Crippen molar-refractivity contribution in [2.75, 3.05) is 25.6 Å². The highest BCUT2D eigenvalue weighted by atomic mass is 19.2. The van der Waals surface area contributed by atoms with Gasteiger partial charge >= 0.3 is 12.1 Å². The fourth-order valence-electron chi connectivity index (χ4n) is 3.34. The van der Waals surface area contributed by atoms with Gasteiger partial charge in [-0.05, 0) is 23.9 Å². The molecule has 1 aromatic heterocycles. The molecule has 0 radical (unpaired) electrons. The molecular weight excluding hydrogens is 462 g/mol. The molecule has 0 saturated heterocycles. The zero-order valence-corrected chi connectivity index (χ0v) is 18.9. The third-order valence-corrected chi connectivity index (χ3v) is 5.35. The van der Waals surface area contributed by atoms with Crippen LogP contribution in [0.5, 0.6) is 0 Å². The number of amides is 3. The maximum absolute atomic E-state index is 13.8. The van der Waals surface area contributed by atoms with Gasteiger partial charge in [0.25, 0.3) is 0 Å². The van der Waals surface area contributed by atoms with Gasteiger partial charge in [0.1, 0.15) is 12.4 Å². The number of aliphatic hydroxyl groups excluding tert-OH is 2. The number of fused-ring (bicyclic) bond motifs is 1. The lowest BCUT2D eigenvalue weighted by Gasteiger charge is -2.29. The van der Waals surface area contributed by atoms with Gasteiger partial charge in [-0.2, -0.15) is 0 Å². The van der Waals surface area contributed by atoms with Gasteiger partial charge in [0.05, 0.1) is 18.8 Å². The Morgan fingerprint density at radius 1 is 1.14 bits per heavy atom. The first-order valence-corrected chi connectivity index (χ1v) is 10.8. The first kappa shape index (κ1) is 25.8. The van der Waals surface area contributed by atoms with E-state index in [2.05, 4.69) is 15.6 Å². The number of hydrogen-bond donors (Lipinski definition) is 4. The van der Waals surface area contributed by atoms with Gasteiger partial charge in [-0.3, -0.25) is 5.32 Å². The minimum Gasteiger partial charge on any atom is -0.447 e. The predicted octanol–water partition coefficient (Wildman–Crippen LogP) is 3.02. The van der Waals surface area contributed by atoms with E-state index in [-0.39, 0.29) is 31.0 Å². The van der Waals surface area contributed by atoms with Crippen LogP contribution in [0, 0.1) is 11.6 Å². The lowest BCUT2D eigenvalue weighted by atomic mass is 10.1. The average molecular weight is 488 g/mol. The van der Waals surface area contributed by atoms with Crippen LogP contribution in [0.1, 0.15) is 12.0 Å². The quantitative estimate of drug-likeness (QED) is 0.367. The zero-order chi connectivity index (χ0) is 25.4. The summed E-state index contributed by atoms with van der Waals surface area (Å²) in [6.07, 6.45) is -0.502. The number of pyridine rings is 1. The molecule has 4 N–H and O–H groups in total. The summed E-state index contributed by atoms with van der Waals surface area (Å²) in [5, 5.41) is 25.8. The minimum absolute atomic E-state index is 0.0443. The lowest BCUT2D eigenvalue weighted by Crippen LogP contribution is -2.47. The highest BCUT2D eigenvalue weighted by Gasteiger charge is 2.25. The van der Waals surface area contributed by atoms with Gasteiger partial charge in [0.2, 0.25) is 0 Å². The second kappa shape index (κ2) is 12.0. The maximum Gasteiger partial charge on any atom is 0.412 e. The van der Waals surface area contributed by atoms with Crippen LogP contribution in [0.15, 0.2) is 54.7 Å². The average Bonchev–Trinajstić information content (AvgIpc) is 2.86. The molecule has 2 atom stereocenters. The number of halogens is 2. The fourth-order valence-corrected chi connectivity index (χ4v) is 3.34. The Balaban J connectivity index is 1.59. The van der Waals surface area contributed by atoms with Crippen molar-refractivity contribution in [1.82, 2.24) is 15.2 Å². The number of rotatable bonds is 9. The third-order valence-electron chi connectivity index (χ3n) is 5.35. The van der Waals surface area contributed by atoms with E-state index in [1.54, 1.807) is 12.3 Å². The van der Waals surface area contributed by atoms with Crippen LogP contribution >= 0.6 is 0 Å². The molecule has 2 aromatic carbocycles. The van der Waals surface area contributed by atoms with Gasteiger partial charge < -0.3 is 25.2 Å². The van der Waals surface area contributed by atoms with Crippen LogP contribution < -0.4 is 10.6 Å². The normalized spacial score (nSPS) is 12.6. The van der Waals surface area contributed by atoms with Gasteiger partial charge in [0, 0.05) is 30.7 Å². The Labute approximate surface area is 200 Å². The molecule has 0 bridgehead atoms. The SMILES string of the molecule is CN(C(=O)NCc1cccc(F)c1F)[C@@H](COC(=O)Nc1cc2ccccc2cn1)C[C@H](O)CO. The highest BCUT2D eigenvalue weighted by Crippen LogP contribution is 2.17. The number of aromatic nitrogens is 1. The summed E-state index contributed by atoms with van der Waals surface area (Å²) in [6.45, 7) is -1.15. The van der Waals surface area contributed by atoms with Crippen molar-refractivity contribution in [3.05, 3.63) is 71.9 Å². The van der Waals surface area contributed by atoms with E-state index in [0.29, 0.717) is 0 Å². The molecule has 0 unspecified atom stereocenters. The zero-order valence-electron chi connectivity index (χ0n) is 18.9. The van der Waals surface area contributed by atoms with Crippen LogP contribution in [-0.4, -0.2) is 64.6 Å². The molecule has 186 valence electrons. The second-order valence-electron chi connectivity index (χ2n) is 7.85. The van der Waals surface area contributed by atoms with Gasteiger partial charge in [-0.15, -0.1) is 0 Å². The Morgan fingerprint density at radius 2 is 1.89 bits per heavy atom. The van der Waals surface area contributed by atoms with Crippen LogP contribution in [0.25, 0.3) is 10.8 Å². The Morgan fingerprint density at radius 3 is 2.63 bits per heavy atom. The number of nitrogens with zero attached hydrogens (tertiary/aromatic N) is 2. The Kier molecular flexibility index (Phi) is 8.87. The smallest absolute Gasteiger partial charge is 0.412 e. The van der Waals surface area contributed by atoms with E-state index < -0.39 is 42.5 Å². The van der Waals surface area contributed by atoms with Crippen molar-refractivity contribution < 1.29 is 33.3 Å². The van der Waals surface area contributed by atoms with Gasteiger partial charge in [-0.25, -0.2) is 23.4 Å². The van der Waals surface area contributed by atoms with E-state index in [9.17, 15) is 28.6 Å². The molecule has 0 aliphatic carbocycles. The molecule has 3 amide bonds. The van der Waals surface area contributed by atoms with Crippen molar-refractivity contribution in [1.29, 1.82) is 0 Å². The number of carbonyl (C=O) groups is 2. The first-order chi connectivity index (χ1) is 16.8. The third kappa shape index (κ3) is 7.08. The summed E-state index contributed by atoms with van der Waals surface area (Å²) in [4.78, 5) is 30.2. The molecule has 35 heavy (non-hydrogen) atoms. The number of anilines is 1. The molecule has 0 aliphatic heterocycles. The molecule has 3 rings (SSSR count). The number of nitrogens with one attached hydrogen (secondary N) is 2. The van der Waals surface area contributed by atoms with Crippen LogP contribution in [0.2, 0.25) is 0 Å². The predicted molar refractivity (Wildman–Crippen MR) is 125 cm³/mol. The summed E-state index contributed by atoms with van der Waals surface area (Å²) in [6, 6.07) is 11.3. The molecule has 0 fully saturated rings. The number of benzene rings is 2. The topological polar surface area (TPSA) is 124 Å². The molecular formula is C24H26F2N4O5. The standard InChI is InChI=1S/C24H26F2N4O5/c1-30(23(33)28-12-17-7-4-8-20(25)22(17)26)18(10-19(32)13-31)14-35-24(34)29-21-9-15-5-2-3-6-16(15)11-27-21/h2-9,11,18-19,31-32H,10,12-14H2,1H3,(H,28,33)(H,27,29,34)/t18-,19+/m1/s1. The van der Waals surface area contributed by atoms with Crippen molar-refractivity contribution in [3.8, 4) is 0 Å². The number of likely N-dealkylation sites (N-methyl/N-ethyl adjacent to an activating group) is 1. The fraction of sp³-hybridized carbons (Fsp3) is 0.292. The van der Waals surface area contributed by atoms with E-state index in [1.807, 2.05) is 24.3 Å². The molecule has 11 heteroatoms. The Bertz CT molecular complexity index is 1180. The van der Waals surface area contributed by atoms with Crippen LogP contribution in [0.3, 0.4) is 0 Å². The van der Waals surface area contributed by atoms with E-state index in [4.69, 9.17) is 4.74 Å². The Hall–Kier alpha value is -3.83. The van der Waals surface area contributed by atoms with Crippen molar-refractivity contribution in [3.63, 3.8) is 0 Å². The summed E-state index contributed by atoms with van der Waals surface area (Å²) >= 11 is 0. The molecule has 0 aliphatic rings. The molecule has 0 saturated carbocycles. The summed E-state index contributed by atoms with van der Waals surface area (Å²) in [7, 11) is 1.39. The summed E-state index contributed by atoms with van der Waals surface area (Å²) < 4.78 is 32.4. The molecule has 3 aromatic rings. The second-order valence-corrected chi connectivity index (χ2v) is 7.85. The summed E-state index contributed by atoms with van der Waals surface area (Å²) in [5.41, 5.74) is -0.0443. The summed E-state index contributed by atoms with van der Waals surface area (Å²) in [5.74, 6) is -1.83. The maximum atomic E-state index is 13.8. The van der Waals surface area contributed by atoms with E-state index >= 15 is 0 Å². The van der Waals surface area contributed by atoms with Gasteiger partial charge in [0.15, 0.2) is 11.6 Å². The van der Waals surface area contributed by atoms with Gasteiger partial charge in [-0.1, -0.05) is 36.4 Å². The number of hydrogen-bond acceptors (Lipinski definition) is 6. The highest BCUT2D eigenvalue weighted by molar-refractivity contribution is 5.89. The number of ether oxygens (including phenoxy) is 1. The number of carbonyl (C=O) groups excluding carboxylic acids is 2. The first-order valence-electron chi connectivity index (χ1n) is 10.8. The minimum atomic E-state index is -1.18. The van der Waals surface area contributed by atoms with Crippen LogP contribution in [-0.2, 0) is 11.3 Å². The molecule has 0 spiro atoms. The molecule has 9 nitrogen and oxygen atoms in total. The largest absolute Gasteiger partial charge is 0.447 e. The van der Waals surface area contributed by atoms with Crippen LogP contribution in [0.4, 0.5) is 24.2 Å². The monoisotopic (exact) mass is 488 g/mol. The molecule has 1 heterocycles. The van der Waals surface area contributed by atoms with Crippen molar-refractivity contribution in [2.45, 2.75) is 25.1 Å². The number of aliphatic hydroxyl groups is 2. The van der Waals surface area contributed by atoms with E-state index in [0.717, 1.165) is 21.7 Å². The van der Waals surface area contributed by atoms with Crippen molar-refractivity contribution in [2.24, 2.45) is 0 Å². The van der Waals surface area contributed by atoms with E-state index in [1.165, 1.54) is 19.2 Å². The number of urea groups is 1. The van der Waals surface area contributed by atoms with Crippen molar-refractivity contribution >= 4 is 28.7 Å².